The molecule has 0 radical (unpaired) electrons. The van der Waals surface area contributed by atoms with Crippen LogP contribution in [0.3, 0.4) is 0 Å². The van der Waals surface area contributed by atoms with Crippen molar-refractivity contribution in [1.82, 2.24) is 14.9 Å². The first-order valence-electron chi connectivity index (χ1n) is 12.2. The fourth-order valence-corrected chi connectivity index (χ4v) is 5.50. The average Bonchev–Trinajstić information content (AvgIpc) is 3.59. The van der Waals surface area contributed by atoms with Crippen LogP contribution in [0, 0.1) is 11.7 Å². The SMILES string of the molecule is CC(NC(=O)c1cn(C)c2ccc(-c3ccc4nc(NC(=O)C5CC5)sc4c3)cc12)c1cccc(F)c1. The monoisotopic (exact) mass is 512 g/mol. The number of hydrogen-bond donors (Lipinski definition) is 2. The Morgan fingerprint density at radius 1 is 1.08 bits per heavy atom. The number of rotatable bonds is 6. The van der Waals surface area contributed by atoms with Gasteiger partial charge >= 0.3 is 0 Å². The summed E-state index contributed by atoms with van der Waals surface area (Å²) < 4.78 is 16.6. The fourth-order valence-electron chi connectivity index (χ4n) is 4.60. The molecule has 1 aliphatic carbocycles. The van der Waals surface area contributed by atoms with Crippen LogP contribution in [0.25, 0.3) is 32.2 Å². The molecule has 8 heteroatoms. The molecule has 2 amide bonds. The summed E-state index contributed by atoms with van der Waals surface area (Å²) in [6, 6.07) is 18.0. The van der Waals surface area contributed by atoms with Crippen LogP contribution in [0.4, 0.5) is 9.52 Å². The maximum Gasteiger partial charge on any atom is 0.253 e. The molecule has 37 heavy (non-hydrogen) atoms. The second kappa shape index (κ2) is 9.12. The van der Waals surface area contributed by atoms with Gasteiger partial charge in [-0.2, -0.15) is 0 Å². The number of fused-ring (bicyclic) bond motifs is 2. The van der Waals surface area contributed by atoms with Crippen LogP contribution in [-0.2, 0) is 11.8 Å². The highest BCUT2D eigenvalue weighted by molar-refractivity contribution is 7.22. The number of aromatic nitrogens is 2. The Hall–Kier alpha value is -4.04. The van der Waals surface area contributed by atoms with Crippen molar-refractivity contribution in [2.45, 2.75) is 25.8 Å². The standard InChI is InChI=1S/C29H25FN4O2S/c1-16(18-4-3-5-21(30)12-18)31-28(36)23-15-34(2)25-11-9-19(13-22(23)25)20-8-10-24-26(14-20)37-29(32-24)33-27(35)17-6-7-17/h3-5,8-17H,6-7H2,1-2H3,(H,31,36)(H,32,33,35). The highest BCUT2D eigenvalue weighted by atomic mass is 32.1. The van der Waals surface area contributed by atoms with Crippen LogP contribution >= 0.6 is 11.3 Å². The highest BCUT2D eigenvalue weighted by Crippen LogP contribution is 2.35. The van der Waals surface area contributed by atoms with E-state index in [0.717, 1.165) is 45.1 Å². The summed E-state index contributed by atoms with van der Waals surface area (Å²) in [5.74, 6) is -0.369. The van der Waals surface area contributed by atoms with Crippen LogP contribution in [0.1, 0.15) is 41.7 Å². The molecular weight excluding hydrogens is 487 g/mol. The van der Waals surface area contributed by atoms with Crippen LogP contribution in [0.15, 0.2) is 66.9 Å². The van der Waals surface area contributed by atoms with Crippen molar-refractivity contribution in [1.29, 1.82) is 0 Å². The zero-order valence-corrected chi connectivity index (χ0v) is 21.2. The lowest BCUT2D eigenvalue weighted by atomic mass is 10.0. The molecule has 2 aromatic heterocycles. The van der Waals surface area contributed by atoms with Crippen molar-refractivity contribution in [2.24, 2.45) is 13.0 Å². The maximum atomic E-state index is 13.7. The summed E-state index contributed by atoms with van der Waals surface area (Å²) in [5.41, 5.74) is 5.03. The third-order valence-corrected chi connectivity index (χ3v) is 7.76. The smallest absolute Gasteiger partial charge is 0.253 e. The number of thiazole rings is 1. The number of halogens is 1. The third kappa shape index (κ3) is 4.60. The second-order valence-electron chi connectivity index (χ2n) is 9.60. The lowest BCUT2D eigenvalue weighted by Crippen LogP contribution is -2.26. The van der Waals surface area contributed by atoms with E-state index in [-0.39, 0.29) is 29.6 Å². The zero-order valence-electron chi connectivity index (χ0n) is 20.4. The van der Waals surface area contributed by atoms with E-state index in [0.29, 0.717) is 16.3 Å². The van der Waals surface area contributed by atoms with Crippen molar-refractivity contribution in [3.8, 4) is 11.1 Å². The number of aryl methyl sites for hydroxylation is 1. The number of carbonyl (C=O) groups excluding carboxylic acids is 2. The molecule has 3 aromatic carbocycles. The first kappa shape index (κ1) is 23.4. The molecule has 1 saturated carbocycles. The first-order valence-corrected chi connectivity index (χ1v) is 13.0. The van der Waals surface area contributed by atoms with Gasteiger partial charge in [0, 0.05) is 30.1 Å². The minimum atomic E-state index is -0.343. The van der Waals surface area contributed by atoms with E-state index in [9.17, 15) is 14.0 Å². The molecule has 0 bridgehead atoms. The van der Waals surface area contributed by atoms with Crippen molar-refractivity contribution >= 4 is 49.4 Å². The topological polar surface area (TPSA) is 76.0 Å². The number of nitrogens with one attached hydrogen (secondary N) is 2. The fraction of sp³-hybridized carbons (Fsp3) is 0.207. The molecule has 186 valence electrons. The summed E-state index contributed by atoms with van der Waals surface area (Å²) >= 11 is 1.46. The molecule has 6 rings (SSSR count). The average molecular weight is 513 g/mol. The second-order valence-corrected chi connectivity index (χ2v) is 10.6. The molecule has 0 aliphatic heterocycles. The van der Waals surface area contributed by atoms with E-state index in [2.05, 4.69) is 21.7 Å². The van der Waals surface area contributed by atoms with E-state index in [4.69, 9.17) is 0 Å². The zero-order chi connectivity index (χ0) is 25.7. The van der Waals surface area contributed by atoms with Gasteiger partial charge in [-0.25, -0.2) is 9.37 Å². The number of amides is 2. The van der Waals surface area contributed by atoms with Crippen LogP contribution in [-0.4, -0.2) is 21.4 Å². The molecule has 0 saturated heterocycles. The van der Waals surface area contributed by atoms with Gasteiger partial charge < -0.3 is 15.2 Å². The van der Waals surface area contributed by atoms with E-state index in [1.165, 1.54) is 23.5 Å². The Morgan fingerprint density at radius 3 is 2.65 bits per heavy atom. The quantitative estimate of drug-likeness (QED) is 0.275. The lowest BCUT2D eigenvalue weighted by molar-refractivity contribution is -0.117. The lowest BCUT2D eigenvalue weighted by Gasteiger charge is -2.14. The molecule has 1 atom stereocenters. The predicted molar refractivity (Wildman–Crippen MR) is 145 cm³/mol. The molecule has 0 spiro atoms. The van der Waals surface area contributed by atoms with Crippen molar-refractivity contribution in [3.63, 3.8) is 0 Å². The first-order chi connectivity index (χ1) is 17.9. The third-order valence-electron chi connectivity index (χ3n) is 6.83. The largest absolute Gasteiger partial charge is 0.350 e. The Kier molecular flexibility index (Phi) is 5.76. The summed E-state index contributed by atoms with van der Waals surface area (Å²) in [7, 11) is 1.91. The van der Waals surface area contributed by atoms with Gasteiger partial charge in [-0.05, 0) is 72.9 Å². The highest BCUT2D eigenvalue weighted by Gasteiger charge is 2.30. The number of nitrogens with zero attached hydrogens (tertiary/aromatic N) is 2. The van der Waals surface area contributed by atoms with Gasteiger partial charge in [-0.15, -0.1) is 0 Å². The van der Waals surface area contributed by atoms with E-state index in [1.807, 2.05) is 55.1 Å². The predicted octanol–water partition coefficient (Wildman–Crippen LogP) is 6.43. The Balaban J connectivity index is 1.29. The van der Waals surface area contributed by atoms with Crippen LogP contribution in [0.5, 0.6) is 0 Å². The molecular formula is C29H25FN4O2S. The Morgan fingerprint density at radius 2 is 1.86 bits per heavy atom. The minimum Gasteiger partial charge on any atom is -0.350 e. The molecule has 5 aromatic rings. The van der Waals surface area contributed by atoms with Crippen molar-refractivity contribution in [3.05, 3.63) is 83.8 Å². The summed E-state index contributed by atoms with van der Waals surface area (Å²) in [4.78, 5) is 29.9. The summed E-state index contributed by atoms with van der Waals surface area (Å²) in [6.07, 6.45) is 3.72. The number of hydrogen-bond acceptors (Lipinski definition) is 4. The van der Waals surface area contributed by atoms with Gasteiger partial charge in [0.2, 0.25) is 5.91 Å². The van der Waals surface area contributed by atoms with Crippen LogP contribution in [0.2, 0.25) is 0 Å². The van der Waals surface area contributed by atoms with E-state index < -0.39 is 0 Å². The minimum absolute atomic E-state index is 0.0475. The van der Waals surface area contributed by atoms with Gasteiger partial charge in [-0.3, -0.25) is 9.59 Å². The maximum absolute atomic E-state index is 13.7. The molecule has 2 N–H and O–H groups in total. The van der Waals surface area contributed by atoms with E-state index >= 15 is 0 Å². The molecule has 1 aliphatic rings. The van der Waals surface area contributed by atoms with Gasteiger partial charge in [0.05, 0.1) is 21.8 Å². The number of anilines is 1. The normalized spacial score (nSPS) is 14.1. The molecule has 2 heterocycles. The van der Waals surface area contributed by atoms with E-state index in [1.54, 1.807) is 12.1 Å². The number of carbonyl (C=O) groups is 2. The summed E-state index contributed by atoms with van der Waals surface area (Å²) in [6.45, 7) is 1.84. The van der Waals surface area contributed by atoms with Gasteiger partial charge in [0.15, 0.2) is 5.13 Å². The Bertz CT molecular complexity index is 1680. The molecule has 1 fully saturated rings. The van der Waals surface area contributed by atoms with Crippen molar-refractivity contribution < 1.29 is 14.0 Å². The van der Waals surface area contributed by atoms with Crippen molar-refractivity contribution in [2.75, 3.05) is 5.32 Å². The van der Waals surface area contributed by atoms with Gasteiger partial charge in [0.25, 0.3) is 5.91 Å². The molecule has 1 unspecified atom stereocenters. The Labute approximate surface area is 217 Å². The van der Waals surface area contributed by atoms with Crippen LogP contribution < -0.4 is 10.6 Å². The van der Waals surface area contributed by atoms with Gasteiger partial charge in [-0.1, -0.05) is 35.6 Å². The number of benzene rings is 3. The molecule has 6 nitrogen and oxygen atoms in total. The summed E-state index contributed by atoms with van der Waals surface area (Å²) in [5, 5.41) is 7.39. The van der Waals surface area contributed by atoms with Gasteiger partial charge in [0.1, 0.15) is 5.82 Å².